The van der Waals surface area contributed by atoms with Gasteiger partial charge in [0.2, 0.25) is 5.82 Å². The van der Waals surface area contributed by atoms with Gasteiger partial charge >= 0.3 is 5.69 Å². The van der Waals surface area contributed by atoms with Gasteiger partial charge in [-0.05, 0) is 18.9 Å². The maximum absolute atomic E-state index is 10.9. The van der Waals surface area contributed by atoms with Gasteiger partial charge in [-0.2, -0.15) is 0 Å². The molecule has 1 aliphatic rings. The third-order valence-corrected chi connectivity index (χ3v) is 2.87. The van der Waals surface area contributed by atoms with Gasteiger partial charge in [-0.1, -0.05) is 12.8 Å². The van der Waals surface area contributed by atoms with Gasteiger partial charge in [-0.15, -0.1) is 0 Å². The Balaban J connectivity index is 2.27. The van der Waals surface area contributed by atoms with Crippen molar-refractivity contribution < 1.29 is 4.92 Å². The van der Waals surface area contributed by atoms with E-state index in [0.717, 1.165) is 25.9 Å². The van der Waals surface area contributed by atoms with Crippen molar-refractivity contribution in [2.75, 3.05) is 18.0 Å². The molecular weight excluding hydrogens is 206 g/mol. The lowest BCUT2D eigenvalue weighted by molar-refractivity contribution is -0.384. The Kier molecular flexibility index (Phi) is 3.34. The van der Waals surface area contributed by atoms with Crippen LogP contribution in [0, 0.1) is 10.1 Å². The largest absolute Gasteiger partial charge is 0.351 e. The third kappa shape index (κ3) is 2.29. The van der Waals surface area contributed by atoms with Gasteiger partial charge in [0.25, 0.3) is 0 Å². The zero-order valence-electron chi connectivity index (χ0n) is 9.13. The second-order valence-corrected chi connectivity index (χ2v) is 4.00. The van der Waals surface area contributed by atoms with Crippen molar-refractivity contribution in [1.82, 2.24) is 4.98 Å². The number of aromatic nitrogens is 1. The van der Waals surface area contributed by atoms with Crippen LogP contribution in [-0.4, -0.2) is 23.0 Å². The fourth-order valence-electron chi connectivity index (χ4n) is 2.06. The molecular formula is C11H15N3O2. The quantitative estimate of drug-likeness (QED) is 0.568. The smallest absolute Gasteiger partial charge is 0.311 e. The van der Waals surface area contributed by atoms with Crippen LogP contribution >= 0.6 is 0 Å². The van der Waals surface area contributed by atoms with Gasteiger partial charge < -0.3 is 4.90 Å². The van der Waals surface area contributed by atoms with E-state index in [4.69, 9.17) is 0 Å². The van der Waals surface area contributed by atoms with Crippen molar-refractivity contribution in [1.29, 1.82) is 0 Å². The minimum Gasteiger partial charge on any atom is -0.351 e. The van der Waals surface area contributed by atoms with Crippen molar-refractivity contribution in [3.63, 3.8) is 0 Å². The summed E-state index contributed by atoms with van der Waals surface area (Å²) in [5.41, 5.74) is 0.115. The monoisotopic (exact) mass is 221 g/mol. The molecule has 1 aliphatic heterocycles. The molecule has 1 fully saturated rings. The van der Waals surface area contributed by atoms with Crippen LogP contribution in [-0.2, 0) is 0 Å². The highest BCUT2D eigenvalue weighted by molar-refractivity contribution is 5.57. The molecule has 0 atom stereocenters. The molecule has 1 aromatic heterocycles. The summed E-state index contributed by atoms with van der Waals surface area (Å²) in [5, 5.41) is 10.9. The summed E-state index contributed by atoms with van der Waals surface area (Å²) in [4.78, 5) is 16.7. The Morgan fingerprint density at radius 3 is 2.56 bits per heavy atom. The van der Waals surface area contributed by atoms with Gasteiger partial charge in [-0.3, -0.25) is 10.1 Å². The van der Waals surface area contributed by atoms with Gasteiger partial charge in [0.15, 0.2) is 0 Å². The number of nitrogens with zero attached hydrogens (tertiary/aromatic N) is 3. The van der Waals surface area contributed by atoms with Crippen molar-refractivity contribution >= 4 is 11.5 Å². The zero-order valence-corrected chi connectivity index (χ0v) is 9.13. The maximum Gasteiger partial charge on any atom is 0.311 e. The average Bonchev–Trinajstić information content (AvgIpc) is 2.57. The summed E-state index contributed by atoms with van der Waals surface area (Å²) in [6, 6.07) is 3.13. The van der Waals surface area contributed by atoms with E-state index >= 15 is 0 Å². The second kappa shape index (κ2) is 4.92. The SMILES string of the molecule is O=[N+]([O-])c1cccnc1N1CCCCCC1. The van der Waals surface area contributed by atoms with Crippen LogP contribution in [0.2, 0.25) is 0 Å². The van der Waals surface area contributed by atoms with E-state index in [9.17, 15) is 10.1 Å². The maximum atomic E-state index is 10.9. The number of hydrogen-bond acceptors (Lipinski definition) is 4. The Morgan fingerprint density at radius 1 is 1.25 bits per heavy atom. The van der Waals surface area contributed by atoms with Crippen LogP contribution in [0.15, 0.2) is 18.3 Å². The number of anilines is 1. The van der Waals surface area contributed by atoms with Crippen LogP contribution in [0.3, 0.4) is 0 Å². The van der Waals surface area contributed by atoms with E-state index in [1.165, 1.54) is 18.9 Å². The fraction of sp³-hybridized carbons (Fsp3) is 0.545. The molecule has 0 spiro atoms. The molecule has 86 valence electrons. The topological polar surface area (TPSA) is 59.3 Å². The first-order valence-electron chi connectivity index (χ1n) is 5.63. The highest BCUT2D eigenvalue weighted by Crippen LogP contribution is 2.26. The van der Waals surface area contributed by atoms with E-state index in [1.54, 1.807) is 12.3 Å². The summed E-state index contributed by atoms with van der Waals surface area (Å²) >= 11 is 0. The van der Waals surface area contributed by atoms with Crippen molar-refractivity contribution in [2.24, 2.45) is 0 Å². The minimum absolute atomic E-state index is 0.115. The Bertz CT molecular complexity index is 373. The molecule has 0 amide bonds. The molecule has 0 aromatic carbocycles. The molecule has 0 saturated carbocycles. The van der Waals surface area contributed by atoms with Crippen molar-refractivity contribution in [2.45, 2.75) is 25.7 Å². The van der Waals surface area contributed by atoms with Gasteiger partial charge in [0.1, 0.15) is 0 Å². The first-order chi connectivity index (χ1) is 7.79. The highest BCUT2D eigenvalue weighted by Gasteiger charge is 2.20. The normalized spacial score (nSPS) is 16.9. The minimum atomic E-state index is -0.354. The Labute approximate surface area is 94.2 Å². The number of hydrogen-bond donors (Lipinski definition) is 0. The summed E-state index contributed by atoms with van der Waals surface area (Å²) in [5.74, 6) is 0.523. The first-order valence-corrected chi connectivity index (χ1v) is 5.63. The molecule has 1 aromatic rings. The fourth-order valence-corrected chi connectivity index (χ4v) is 2.06. The van der Waals surface area contributed by atoms with E-state index < -0.39 is 0 Å². The van der Waals surface area contributed by atoms with Gasteiger partial charge in [0.05, 0.1) is 4.92 Å². The first kappa shape index (κ1) is 10.9. The van der Waals surface area contributed by atoms with E-state index in [1.807, 2.05) is 4.90 Å². The molecule has 5 heteroatoms. The van der Waals surface area contributed by atoms with Gasteiger partial charge in [0, 0.05) is 25.4 Å². The van der Waals surface area contributed by atoms with E-state index in [-0.39, 0.29) is 10.6 Å². The second-order valence-electron chi connectivity index (χ2n) is 4.00. The van der Waals surface area contributed by atoms with Crippen LogP contribution in [0.5, 0.6) is 0 Å². The molecule has 0 radical (unpaired) electrons. The summed E-state index contributed by atoms with van der Waals surface area (Å²) < 4.78 is 0. The summed E-state index contributed by atoms with van der Waals surface area (Å²) in [6.45, 7) is 1.75. The number of rotatable bonds is 2. The van der Waals surface area contributed by atoms with Crippen LogP contribution in [0.1, 0.15) is 25.7 Å². The molecule has 16 heavy (non-hydrogen) atoms. The molecule has 2 heterocycles. The molecule has 0 N–H and O–H groups in total. The van der Waals surface area contributed by atoms with E-state index in [0.29, 0.717) is 5.82 Å². The average molecular weight is 221 g/mol. The van der Waals surface area contributed by atoms with E-state index in [2.05, 4.69) is 4.98 Å². The van der Waals surface area contributed by atoms with Gasteiger partial charge in [-0.25, -0.2) is 4.98 Å². The van der Waals surface area contributed by atoms with Crippen LogP contribution in [0.25, 0.3) is 0 Å². The lowest BCUT2D eigenvalue weighted by Crippen LogP contribution is -2.25. The molecule has 1 saturated heterocycles. The molecule has 0 unspecified atom stereocenters. The predicted octanol–water partition coefficient (Wildman–Crippen LogP) is 2.37. The van der Waals surface area contributed by atoms with Crippen LogP contribution < -0.4 is 4.90 Å². The molecule has 5 nitrogen and oxygen atoms in total. The molecule has 0 bridgehead atoms. The Morgan fingerprint density at radius 2 is 1.94 bits per heavy atom. The lowest BCUT2D eigenvalue weighted by atomic mass is 10.2. The molecule has 0 aliphatic carbocycles. The van der Waals surface area contributed by atoms with Crippen molar-refractivity contribution in [3.8, 4) is 0 Å². The lowest BCUT2D eigenvalue weighted by Gasteiger charge is -2.20. The predicted molar refractivity (Wildman–Crippen MR) is 61.6 cm³/mol. The molecule has 2 rings (SSSR count). The standard InChI is InChI=1S/C11H15N3O2/c15-14(16)10-6-5-7-12-11(10)13-8-3-1-2-4-9-13/h5-7H,1-4,8-9H2. The summed E-state index contributed by atoms with van der Waals surface area (Å²) in [6.07, 6.45) is 6.21. The number of pyridine rings is 1. The highest BCUT2D eigenvalue weighted by atomic mass is 16.6. The summed E-state index contributed by atoms with van der Waals surface area (Å²) in [7, 11) is 0. The van der Waals surface area contributed by atoms with Crippen LogP contribution in [0.4, 0.5) is 11.5 Å². The third-order valence-electron chi connectivity index (χ3n) is 2.87. The Hall–Kier alpha value is -1.65. The number of nitro groups is 1. The van der Waals surface area contributed by atoms with Crippen molar-refractivity contribution in [3.05, 3.63) is 28.4 Å². The zero-order chi connectivity index (χ0) is 11.4.